The van der Waals surface area contributed by atoms with Gasteiger partial charge in [0.15, 0.2) is 0 Å². The van der Waals surface area contributed by atoms with Crippen LogP contribution in [0.25, 0.3) is 0 Å². The van der Waals surface area contributed by atoms with E-state index < -0.39 is 0 Å². The van der Waals surface area contributed by atoms with E-state index in [0.717, 1.165) is 12.0 Å². The number of rotatable bonds is 6. The fourth-order valence-corrected chi connectivity index (χ4v) is 6.38. The largest absolute Gasteiger partial charge is 0.508 e. The number of likely N-dealkylation sites (N-methyl/N-ethyl adjacent to an activating group) is 1. The van der Waals surface area contributed by atoms with E-state index in [2.05, 4.69) is 34.9 Å². The summed E-state index contributed by atoms with van der Waals surface area (Å²) in [6.45, 7) is 6.03. The van der Waals surface area contributed by atoms with Crippen molar-refractivity contribution in [3.05, 3.63) is 29.8 Å². The summed E-state index contributed by atoms with van der Waals surface area (Å²) in [5.74, 6) is 1.33. The minimum atomic E-state index is 0.0798. The predicted molar refractivity (Wildman–Crippen MR) is 125 cm³/mol. The summed E-state index contributed by atoms with van der Waals surface area (Å²) in [6.07, 6.45) is 13.4. The van der Waals surface area contributed by atoms with Gasteiger partial charge in [0.2, 0.25) is 0 Å². The molecule has 168 valence electrons. The van der Waals surface area contributed by atoms with Crippen molar-refractivity contribution in [2.45, 2.75) is 75.8 Å². The Kier molecular flexibility index (Phi) is 7.38. The molecular formula is C26H43N3O. The van der Waals surface area contributed by atoms with Crippen molar-refractivity contribution in [1.29, 1.82) is 0 Å². The molecule has 1 aliphatic heterocycles. The molecule has 2 aliphatic carbocycles. The van der Waals surface area contributed by atoms with E-state index in [9.17, 15) is 5.11 Å². The van der Waals surface area contributed by atoms with Crippen LogP contribution in [-0.4, -0.2) is 72.7 Å². The maximum atomic E-state index is 10.2. The second-order valence-electron chi connectivity index (χ2n) is 10.4. The number of piperazine rings is 1. The number of benzene rings is 1. The molecule has 1 aromatic carbocycles. The van der Waals surface area contributed by atoms with Gasteiger partial charge in [0, 0.05) is 37.8 Å². The van der Waals surface area contributed by atoms with Gasteiger partial charge in [0.1, 0.15) is 5.75 Å². The number of nitrogens with zero attached hydrogens (tertiary/aromatic N) is 3. The Morgan fingerprint density at radius 1 is 1.00 bits per heavy atom. The Morgan fingerprint density at radius 2 is 1.70 bits per heavy atom. The molecule has 1 aromatic rings. The van der Waals surface area contributed by atoms with Gasteiger partial charge in [-0.3, -0.25) is 9.80 Å². The second-order valence-corrected chi connectivity index (χ2v) is 10.4. The zero-order chi connectivity index (χ0) is 21.0. The van der Waals surface area contributed by atoms with Crippen molar-refractivity contribution in [2.24, 2.45) is 5.92 Å². The van der Waals surface area contributed by atoms with E-state index in [4.69, 9.17) is 0 Å². The monoisotopic (exact) mass is 413 g/mol. The van der Waals surface area contributed by atoms with Crippen LogP contribution in [0.4, 0.5) is 0 Å². The summed E-state index contributed by atoms with van der Waals surface area (Å²) in [5, 5.41) is 10.2. The number of phenolic OH excluding ortho intramolecular Hbond substituents is 1. The fraction of sp³-hybridized carbons (Fsp3) is 0.769. The molecule has 0 bridgehead atoms. The normalized spacial score (nSPS) is 30.0. The van der Waals surface area contributed by atoms with E-state index >= 15 is 0 Å². The van der Waals surface area contributed by atoms with E-state index in [1.54, 1.807) is 0 Å². The molecule has 30 heavy (non-hydrogen) atoms. The highest BCUT2D eigenvalue weighted by atomic mass is 16.3. The zero-order valence-electron chi connectivity index (χ0n) is 19.4. The molecule has 4 heteroatoms. The summed E-state index contributed by atoms with van der Waals surface area (Å²) in [7, 11) is 4.59. The molecule has 0 radical (unpaired) electrons. The van der Waals surface area contributed by atoms with E-state index in [1.165, 1.54) is 102 Å². The summed E-state index contributed by atoms with van der Waals surface area (Å²) in [5.41, 5.74) is 1.40. The van der Waals surface area contributed by atoms with Crippen molar-refractivity contribution in [1.82, 2.24) is 14.7 Å². The Labute approximate surface area is 184 Å². The highest BCUT2D eigenvalue weighted by molar-refractivity contribution is 5.33. The van der Waals surface area contributed by atoms with Crippen LogP contribution in [0, 0.1) is 5.92 Å². The molecule has 0 aromatic heterocycles. The third kappa shape index (κ3) is 5.03. The Bertz CT molecular complexity index is 656. The molecule has 2 saturated carbocycles. The summed E-state index contributed by atoms with van der Waals surface area (Å²) >= 11 is 0. The number of hydrogen-bond donors (Lipinski definition) is 1. The SMILES string of the molecule is CN1CCN(C2CCC(c3cccc(O)c3)(N(C)CCC3CCCCC3)CC2)CC1. The molecule has 1 N–H and O–H groups in total. The standard InChI is InChI=1S/C26H43N3O/c1-27-17-19-29(20-18-27)24-11-14-26(15-12-24,23-9-6-10-25(30)21-23)28(2)16-13-22-7-4-3-5-8-22/h6,9-10,21-22,24,30H,3-5,7-8,11-20H2,1-2H3. The van der Waals surface area contributed by atoms with Crippen LogP contribution in [0.3, 0.4) is 0 Å². The topological polar surface area (TPSA) is 30.0 Å². The van der Waals surface area contributed by atoms with Crippen LogP contribution in [0.1, 0.15) is 69.8 Å². The van der Waals surface area contributed by atoms with Crippen molar-refractivity contribution in [3.8, 4) is 5.75 Å². The van der Waals surface area contributed by atoms with Crippen molar-refractivity contribution in [2.75, 3.05) is 46.8 Å². The predicted octanol–water partition coefficient (Wildman–Crippen LogP) is 4.68. The van der Waals surface area contributed by atoms with Crippen molar-refractivity contribution < 1.29 is 5.11 Å². The Hall–Kier alpha value is -1.10. The highest BCUT2D eigenvalue weighted by Crippen LogP contribution is 2.44. The molecule has 0 amide bonds. The maximum absolute atomic E-state index is 10.2. The highest BCUT2D eigenvalue weighted by Gasteiger charge is 2.41. The first-order valence-electron chi connectivity index (χ1n) is 12.5. The van der Waals surface area contributed by atoms with Crippen LogP contribution in [0.5, 0.6) is 5.75 Å². The van der Waals surface area contributed by atoms with Gasteiger partial charge in [0.25, 0.3) is 0 Å². The van der Waals surface area contributed by atoms with E-state index in [-0.39, 0.29) is 5.54 Å². The van der Waals surface area contributed by atoms with Gasteiger partial charge in [0.05, 0.1) is 0 Å². The molecule has 4 nitrogen and oxygen atoms in total. The van der Waals surface area contributed by atoms with Gasteiger partial charge in [-0.05, 0) is 76.4 Å². The lowest BCUT2D eigenvalue weighted by Gasteiger charge is -2.50. The smallest absolute Gasteiger partial charge is 0.115 e. The van der Waals surface area contributed by atoms with Crippen LogP contribution in [-0.2, 0) is 5.54 Å². The van der Waals surface area contributed by atoms with Crippen molar-refractivity contribution in [3.63, 3.8) is 0 Å². The molecule has 0 atom stereocenters. The van der Waals surface area contributed by atoms with E-state index in [1.807, 2.05) is 18.2 Å². The second kappa shape index (κ2) is 10.0. The van der Waals surface area contributed by atoms with Gasteiger partial charge < -0.3 is 10.0 Å². The molecule has 3 fully saturated rings. The van der Waals surface area contributed by atoms with Crippen LogP contribution >= 0.6 is 0 Å². The lowest BCUT2D eigenvalue weighted by molar-refractivity contribution is 0.0167. The molecular weight excluding hydrogens is 370 g/mol. The maximum Gasteiger partial charge on any atom is 0.115 e. The summed E-state index contributed by atoms with van der Waals surface area (Å²) < 4.78 is 0. The summed E-state index contributed by atoms with van der Waals surface area (Å²) in [6, 6.07) is 8.87. The third-order valence-electron chi connectivity index (χ3n) is 8.55. The zero-order valence-corrected chi connectivity index (χ0v) is 19.4. The number of hydrogen-bond acceptors (Lipinski definition) is 4. The first-order chi connectivity index (χ1) is 14.6. The van der Waals surface area contributed by atoms with Crippen LogP contribution in [0.15, 0.2) is 24.3 Å². The molecule has 1 saturated heterocycles. The fourth-order valence-electron chi connectivity index (χ4n) is 6.38. The average Bonchev–Trinajstić information content (AvgIpc) is 2.79. The van der Waals surface area contributed by atoms with Crippen LogP contribution < -0.4 is 0 Å². The number of phenols is 1. The molecule has 4 rings (SSSR count). The molecule has 1 heterocycles. The van der Waals surface area contributed by atoms with Crippen LogP contribution in [0.2, 0.25) is 0 Å². The van der Waals surface area contributed by atoms with E-state index in [0.29, 0.717) is 5.75 Å². The van der Waals surface area contributed by atoms with Gasteiger partial charge >= 0.3 is 0 Å². The Balaban J connectivity index is 1.45. The van der Waals surface area contributed by atoms with Gasteiger partial charge in [-0.15, -0.1) is 0 Å². The van der Waals surface area contributed by atoms with Gasteiger partial charge in [-0.2, -0.15) is 0 Å². The average molecular weight is 414 g/mol. The lowest BCUT2D eigenvalue weighted by Crippen LogP contribution is -2.54. The van der Waals surface area contributed by atoms with Crippen molar-refractivity contribution >= 4 is 0 Å². The first-order valence-corrected chi connectivity index (χ1v) is 12.5. The van der Waals surface area contributed by atoms with Gasteiger partial charge in [-0.1, -0.05) is 44.2 Å². The third-order valence-corrected chi connectivity index (χ3v) is 8.55. The number of aromatic hydroxyl groups is 1. The van der Waals surface area contributed by atoms with Gasteiger partial charge in [-0.25, -0.2) is 0 Å². The minimum Gasteiger partial charge on any atom is -0.508 e. The molecule has 0 unspecified atom stereocenters. The molecule has 0 spiro atoms. The quantitative estimate of drug-likeness (QED) is 0.733. The first kappa shape index (κ1) is 22.1. The molecule has 3 aliphatic rings. The Morgan fingerprint density at radius 3 is 2.37 bits per heavy atom. The minimum absolute atomic E-state index is 0.0798. The summed E-state index contributed by atoms with van der Waals surface area (Å²) in [4.78, 5) is 7.86. The lowest BCUT2D eigenvalue weighted by atomic mass is 9.73.